The van der Waals surface area contributed by atoms with Gasteiger partial charge in [0, 0.05) is 6.42 Å². The van der Waals surface area contributed by atoms with Crippen molar-refractivity contribution in [3.8, 4) is 5.75 Å². The Balaban J connectivity index is 3.19. The van der Waals surface area contributed by atoms with E-state index in [0.29, 0.717) is 12.0 Å². The summed E-state index contributed by atoms with van der Waals surface area (Å²) in [5.41, 5.74) is 11.4. The first kappa shape index (κ1) is 30.4. The van der Waals surface area contributed by atoms with Crippen molar-refractivity contribution < 1.29 is 34.2 Å². The minimum absolute atomic E-state index is 0.00928. The van der Waals surface area contributed by atoms with E-state index in [-0.39, 0.29) is 18.1 Å². The van der Waals surface area contributed by atoms with Gasteiger partial charge in [0.15, 0.2) is 0 Å². The average Bonchev–Trinajstić information content (AvgIpc) is 2.79. The van der Waals surface area contributed by atoms with Crippen LogP contribution in [0.5, 0.6) is 5.75 Å². The van der Waals surface area contributed by atoms with Crippen LogP contribution in [0.3, 0.4) is 0 Å². The third kappa shape index (κ3) is 9.53. The molecule has 0 radical (unpaired) electrons. The van der Waals surface area contributed by atoms with E-state index in [1.807, 2.05) is 0 Å². The van der Waals surface area contributed by atoms with Crippen LogP contribution in [0, 0.1) is 11.8 Å². The highest BCUT2D eigenvalue weighted by Crippen LogP contribution is 2.14. The number of rotatable bonds is 14. The lowest BCUT2D eigenvalue weighted by Gasteiger charge is -2.28. The molecule has 1 aromatic carbocycles. The normalized spacial score (nSPS) is 15.2. The molecular weight excluding hydrogens is 470 g/mol. The molecule has 12 nitrogen and oxygen atoms in total. The number of phenols is 1. The summed E-state index contributed by atoms with van der Waals surface area (Å²) in [7, 11) is 0. The third-order valence-electron chi connectivity index (χ3n) is 5.79. The first-order valence-corrected chi connectivity index (χ1v) is 11.7. The highest BCUT2D eigenvalue weighted by Gasteiger charge is 2.33. The number of carboxylic acids is 1. The van der Waals surface area contributed by atoms with Gasteiger partial charge in [-0.25, -0.2) is 4.79 Å². The van der Waals surface area contributed by atoms with E-state index < -0.39 is 66.1 Å². The van der Waals surface area contributed by atoms with Crippen molar-refractivity contribution in [2.45, 2.75) is 71.1 Å². The molecule has 0 saturated heterocycles. The summed E-state index contributed by atoms with van der Waals surface area (Å²) in [6, 6.07) is 1.26. The van der Waals surface area contributed by atoms with E-state index in [1.54, 1.807) is 39.8 Å². The Kier molecular flexibility index (Phi) is 11.8. The molecule has 0 aliphatic heterocycles. The van der Waals surface area contributed by atoms with Gasteiger partial charge in [-0.05, 0) is 29.5 Å². The maximum absolute atomic E-state index is 13.2. The van der Waals surface area contributed by atoms with Crippen molar-refractivity contribution in [3.63, 3.8) is 0 Å². The molecule has 9 N–H and O–H groups in total. The summed E-state index contributed by atoms with van der Waals surface area (Å²) >= 11 is 0. The topological polar surface area (TPSA) is 214 Å². The number of aromatic hydroxyl groups is 1. The Bertz CT molecular complexity index is 935. The first-order chi connectivity index (χ1) is 16.8. The fraction of sp³-hybridized carbons (Fsp3) is 0.542. The molecule has 1 rings (SSSR count). The van der Waals surface area contributed by atoms with Crippen LogP contribution in [0.4, 0.5) is 0 Å². The lowest BCUT2D eigenvalue weighted by Crippen LogP contribution is -2.59. The molecule has 0 fully saturated rings. The van der Waals surface area contributed by atoms with Crippen LogP contribution in [0.1, 0.15) is 46.1 Å². The Hall–Kier alpha value is -3.67. The van der Waals surface area contributed by atoms with E-state index in [4.69, 9.17) is 11.5 Å². The molecule has 0 heterocycles. The number of amides is 4. The fourth-order valence-corrected chi connectivity index (χ4v) is 3.38. The van der Waals surface area contributed by atoms with Crippen LogP contribution >= 0.6 is 0 Å². The summed E-state index contributed by atoms with van der Waals surface area (Å²) in [6.45, 7) is 6.80. The molecule has 1 aromatic rings. The molecule has 0 aliphatic carbocycles. The fourth-order valence-electron chi connectivity index (χ4n) is 3.38. The van der Waals surface area contributed by atoms with Crippen molar-refractivity contribution in [1.82, 2.24) is 16.0 Å². The second-order valence-electron chi connectivity index (χ2n) is 9.15. The summed E-state index contributed by atoms with van der Waals surface area (Å²) in [6.07, 6.45) is 0.0790. The first-order valence-electron chi connectivity index (χ1n) is 11.7. The van der Waals surface area contributed by atoms with Crippen molar-refractivity contribution in [3.05, 3.63) is 29.8 Å². The smallest absolute Gasteiger partial charge is 0.326 e. The standard InChI is InChI=1S/C24H37N5O7/c1-5-13(4)20(29-21(32)16(25)11-18(26)31)23(34)27-17(10-14-6-8-15(30)9-7-14)22(33)28-19(12(2)3)24(35)36/h6-9,12-13,16-17,19-20,30H,5,10-11,25H2,1-4H3,(H2,26,31)(H,27,34)(H,28,33)(H,29,32)(H,35,36). The van der Waals surface area contributed by atoms with Gasteiger partial charge in [-0.15, -0.1) is 0 Å². The predicted octanol–water partition coefficient (Wildman–Crippen LogP) is -0.621. The molecule has 5 unspecified atom stereocenters. The number of benzene rings is 1. The number of aliphatic carboxylic acids is 1. The number of carbonyl (C=O) groups excluding carboxylic acids is 4. The van der Waals surface area contributed by atoms with Crippen molar-refractivity contribution >= 4 is 29.6 Å². The largest absolute Gasteiger partial charge is 0.508 e. The van der Waals surface area contributed by atoms with Crippen LogP contribution in [0.2, 0.25) is 0 Å². The van der Waals surface area contributed by atoms with Gasteiger partial charge in [-0.1, -0.05) is 46.2 Å². The molecule has 0 spiro atoms. The summed E-state index contributed by atoms with van der Waals surface area (Å²) < 4.78 is 0. The molecule has 0 aliphatic rings. The van der Waals surface area contributed by atoms with Crippen molar-refractivity contribution in [2.24, 2.45) is 23.3 Å². The van der Waals surface area contributed by atoms with E-state index in [0.717, 1.165) is 0 Å². The summed E-state index contributed by atoms with van der Waals surface area (Å²) in [5, 5.41) is 26.6. The Labute approximate surface area is 210 Å². The van der Waals surface area contributed by atoms with Crippen LogP contribution in [0.15, 0.2) is 24.3 Å². The molecule has 4 amide bonds. The highest BCUT2D eigenvalue weighted by molar-refractivity contribution is 5.95. The Morgan fingerprint density at radius 1 is 0.889 bits per heavy atom. The molecule has 200 valence electrons. The van der Waals surface area contributed by atoms with Gasteiger partial charge in [0.2, 0.25) is 23.6 Å². The molecule has 12 heteroatoms. The number of hydrogen-bond acceptors (Lipinski definition) is 7. The quantitative estimate of drug-likeness (QED) is 0.172. The van der Waals surface area contributed by atoms with E-state index in [9.17, 15) is 34.2 Å². The SMILES string of the molecule is CCC(C)C(NC(=O)C(N)CC(N)=O)C(=O)NC(Cc1ccc(O)cc1)C(=O)NC(C(=O)O)C(C)C. The lowest BCUT2D eigenvalue weighted by molar-refractivity contribution is -0.143. The number of primary amides is 1. The van der Waals surface area contributed by atoms with Gasteiger partial charge in [0.1, 0.15) is 23.9 Å². The van der Waals surface area contributed by atoms with Gasteiger partial charge in [0.25, 0.3) is 0 Å². The minimum Gasteiger partial charge on any atom is -0.508 e. The second kappa shape index (κ2) is 14.0. The number of phenolic OH excluding ortho intramolecular Hbond substituents is 1. The van der Waals surface area contributed by atoms with Crippen molar-refractivity contribution in [2.75, 3.05) is 0 Å². The third-order valence-corrected chi connectivity index (χ3v) is 5.79. The lowest BCUT2D eigenvalue weighted by atomic mass is 9.96. The monoisotopic (exact) mass is 507 g/mol. The zero-order valence-electron chi connectivity index (χ0n) is 21.0. The molecule has 36 heavy (non-hydrogen) atoms. The highest BCUT2D eigenvalue weighted by atomic mass is 16.4. The van der Waals surface area contributed by atoms with E-state index in [2.05, 4.69) is 16.0 Å². The van der Waals surface area contributed by atoms with Crippen molar-refractivity contribution in [1.29, 1.82) is 0 Å². The van der Waals surface area contributed by atoms with Gasteiger partial charge in [-0.2, -0.15) is 0 Å². The molecule has 0 bridgehead atoms. The van der Waals surface area contributed by atoms with Gasteiger partial charge < -0.3 is 37.6 Å². The predicted molar refractivity (Wildman–Crippen MR) is 131 cm³/mol. The van der Waals surface area contributed by atoms with E-state index in [1.165, 1.54) is 12.1 Å². The van der Waals surface area contributed by atoms with Crippen LogP contribution in [0.25, 0.3) is 0 Å². The van der Waals surface area contributed by atoms with Crippen LogP contribution in [-0.4, -0.2) is 64.0 Å². The molecular formula is C24H37N5O7. The second-order valence-corrected chi connectivity index (χ2v) is 9.15. The zero-order valence-corrected chi connectivity index (χ0v) is 21.0. The Morgan fingerprint density at radius 2 is 1.44 bits per heavy atom. The van der Waals surface area contributed by atoms with Gasteiger partial charge in [-0.3, -0.25) is 19.2 Å². The zero-order chi connectivity index (χ0) is 27.6. The number of carboxylic acid groups (broad SMARTS) is 1. The maximum atomic E-state index is 13.2. The number of nitrogens with one attached hydrogen (secondary N) is 3. The summed E-state index contributed by atoms with van der Waals surface area (Å²) in [5.74, 6) is -4.92. The average molecular weight is 508 g/mol. The summed E-state index contributed by atoms with van der Waals surface area (Å²) in [4.78, 5) is 61.5. The van der Waals surface area contributed by atoms with Crippen LogP contribution in [-0.2, 0) is 30.4 Å². The number of hydrogen-bond donors (Lipinski definition) is 7. The molecule has 0 aromatic heterocycles. The number of nitrogens with two attached hydrogens (primary N) is 2. The molecule has 0 saturated carbocycles. The van der Waals surface area contributed by atoms with Gasteiger partial charge >= 0.3 is 5.97 Å². The minimum atomic E-state index is -1.25. The maximum Gasteiger partial charge on any atom is 0.326 e. The molecule has 5 atom stereocenters. The van der Waals surface area contributed by atoms with Crippen LogP contribution < -0.4 is 27.4 Å². The van der Waals surface area contributed by atoms with E-state index >= 15 is 0 Å². The number of carbonyl (C=O) groups is 5. The van der Waals surface area contributed by atoms with Gasteiger partial charge in [0.05, 0.1) is 12.5 Å². The Morgan fingerprint density at radius 3 is 1.92 bits per heavy atom.